The molecule has 0 amide bonds. The number of Topliss-reactive ketones (excluding diaryl/α,β-unsaturated/α-hetero) is 1. The smallest absolute Gasteiger partial charge is 0.416 e. The number of carbonyl (C=O) groups excluding carboxylic acids is 2. The van der Waals surface area contributed by atoms with Gasteiger partial charge < -0.3 is 14.6 Å². The van der Waals surface area contributed by atoms with Crippen LogP contribution in [-0.2, 0) is 17.5 Å². The van der Waals surface area contributed by atoms with Crippen LogP contribution in [0, 0.1) is 13.8 Å². The first kappa shape index (κ1) is 21.7. The van der Waals surface area contributed by atoms with Gasteiger partial charge in [0.25, 0.3) is 0 Å². The van der Waals surface area contributed by atoms with Crippen molar-refractivity contribution in [3.63, 3.8) is 0 Å². The van der Waals surface area contributed by atoms with Crippen LogP contribution in [0.15, 0.2) is 24.3 Å². The van der Waals surface area contributed by atoms with E-state index in [9.17, 15) is 22.8 Å². The maximum atomic E-state index is 12.9. The highest BCUT2D eigenvalue weighted by Gasteiger charge is 2.31. The van der Waals surface area contributed by atoms with Gasteiger partial charge in [0.15, 0.2) is 6.04 Å². The van der Waals surface area contributed by atoms with E-state index < -0.39 is 23.8 Å². The number of esters is 1. The highest BCUT2D eigenvalue weighted by atomic mass is 19.4. The average Bonchev–Trinajstić information content (AvgIpc) is 2.93. The van der Waals surface area contributed by atoms with Gasteiger partial charge in [-0.15, -0.1) is 0 Å². The summed E-state index contributed by atoms with van der Waals surface area (Å²) in [6, 6.07) is 4.45. The Morgan fingerprint density at radius 1 is 1.18 bits per heavy atom. The first-order valence-electron chi connectivity index (χ1n) is 8.77. The van der Waals surface area contributed by atoms with Crippen molar-refractivity contribution < 1.29 is 32.4 Å². The SMILES string of the molecule is COC(=O)c1c(C)[nH]c(C(=O)[C@@H](C)[NH+](C)Cc2ccc(C(F)(F)F)cc2)c1C. The molecular weight excluding hydrogens is 373 g/mol. The summed E-state index contributed by atoms with van der Waals surface area (Å²) in [5.41, 5.74) is 1.77. The topological polar surface area (TPSA) is 63.6 Å². The molecule has 1 unspecified atom stereocenters. The summed E-state index contributed by atoms with van der Waals surface area (Å²) < 4.78 is 42.8. The van der Waals surface area contributed by atoms with E-state index in [4.69, 9.17) is 4.74 Å². The van der Waals surface area contributed by atoms with Crippen LogP contribution in [0.2, 0.25) is 0 Å². The molecule has 1 aromatic heterocycles. The standard InChI is InChI=1S/C20H23F3N2O3/c1-11-16(19(27)28-5)12(2)24-17(11)18(26)13(3)25(4)10-14-6-8-15(9-7-14)20(21,22)23/h6-9,13,24H,10H2,1-5H3/p+1/t13-/m1/s1. The van der Waals surface area contributed by atoms with Crippen LogP contribution in [0.4, 0.5) is 13.2 Å². The van der Waals surface area contributed by atoms with Gasteiger partial charge >= 0.3 is 12.1 Å². The Morgan fingerprint density at radius 3 is 2.25 bits per heavy atom. The third-order valence-corrected chi connectivity index (χ3v) is 4.97. The molecule has 2 rings (SSSR count). The van der Waals surface area contributed by atoms with E-state index in [2.05, 4.69) is 4.98 Å². The lowest BCUT2D eigenvalue weighted by molar-refractivity contribution is -0.907. The van der Waals surface area contributed by atoms with Crippen LogP contribution in [0.1, 0.15) is 50.2 Å². The molecule has 2 atom stereocenters. The molecule has 0 bridgehead atoms. The summed E-state index contributed by atoms with van der Waals surface area (Å²) in [5, 5.41) is 0. The number of alkyl halides is 3. The molecule has 28 heavy (non-hydrogen) atoms. The molecule has 0 radical (unpaired) electrons. The zero-order valence-corrected chi connectivity index (χ0v) is 16.5. The second-order valence-corrected chi connectivity index (χ2v) is 6.92. The Hall–Kier alpha value is -2.61. The number of likely N-dealkylation sites (N-methyl/N-ethyl adjacent to an activating group) is 1. The molecule has 2 aromatic rings. The lowest BCUT2D eigenvalue weighted by Crippen LogP contribution is -3.12. The number of quaternary nitrogens is 1. The summed E-state index contributed by atoms with van der Waals surface area (Å²) in [6.45, 7) is 5.50. The maximum Gasteiger partial charge on any atom is 0.416 e. The Labute approximate surface area is 161 Å². The van der Waals surface area contributed by atoms with Gasteiger partial charge in [-0.05, 0) is 38.5 Å². The van der Waals surface area contributed by atoms with Gasteiger partial charge in [0.05, 0.1) is 31.0 Å². The predicted molar refractivity (Wildman–Crippen MR) is 97.4 cm³/mol. The molecule has 1 heterocycles. The molecule has 0 saturated carbocycles. The van der Waals surface area contributed by atoms with Crippen molar-refractivity contribution in [2.24, 2.45) is 0 Å². The molecule has 0 fully saturated rings. The van der Waals surface area contributed by atoms with Crippen LogP contribution in [0.3, 0.4) is 0 Å². The summed E-state index contributed by atoms with van der Waals surface area (Å²) in [7, 11) is 3.08. The molecule has 0 aliphatic rings. The fourth-order valence-electron chi connectivity index (χ4n) is 3.13. The van der Waals surface area contributed by atoms with Crippen molar-refractivity contribution in [3.8, 4) is 0 Å². The van der Waals surface area contributed by atoms with E-state index in [-0.39, 0.29) is 5.78 Å². The number of hydrogen-bond acceptors (Lipinski definition) is 3. The second kappa shape index (κ2) is 8.18. The molecular formula is C20H24F3N2O3+. The number of aromatic amines is 1. The van der Waals surface area contributed by atoms with Gasteiger partial charge in [-0.25, -0.2) is 4.79 Å². The number of ketones is 1. The average molecular weight is 397 g/mol. The number of carbonyl (C=O) groups is 2. The van der Waals surface area contributed by atoms with Crippen LogP contribution in [0.25, 0.3) is 0 Å². The van der Waals surface area contributed by atoms with Gasteiger partial charge in [0.1, 0.15) is 6.54 Å². The number of nitrogens with one attached hydrogen (secondary N) is 2. The van der Waals surface area contributed by atoms with Crippen LogP contribution in [-0.4, -0.2) is 36.9 Å². The molecule has 0 spiro atoms. The van der Waals surface area contributed by atoms with Crippen molar-refractivity contribution >= 4 is 11.8 Å². The zero-order valence-electron chi connectivity index (χ0n) is 16.5. The Morgan fingerprint density at radius 2 is 1.75 bits per heavy atom. The molecule has 8 heteroatoms. The first-order valence-corrected chi connectivity index (χ1v) is 8.77. The van der Waals surface area contributed by atoms with Crippen LogP contribution in [0.5, 0.6) is 0 Å². The zero-order chi connectivity index (χ0) is 21.2. The monoisotopic (exact) mass is 397 g/mol. The lowest BCUT2D eigenvalue weighted by atomic mass is 10.0. The molecule has 152 valence electrons. The number of H-pyrrole nitrogens is 1. The lowest BCUT2D eigenvalue weighted by Gasteiger charge is -2.21. The quantitative estimate of drug-likeness (QED) is 0.582. The van der Waals surface area contributed by atoms with Gasteiger partial charge in [0.2, 0.25) is 5.78 Å². The predicted octanol–water partition coefficient (Wildman–Crippen LogP) is 2.72. The maximum absolute atomic E-state index is 12.9. The van der Waals surface area contributed by atoms with Crippen molar-refractivity contribution in [2.75, 3.05) is 14.2 Å². The highest BCUT2D eigenvalue weighted by Crippen LogP contribution is 2.29. The van der Waals surface area contributed by atoms with E-state index in [1.54, 1.807) is 27.8 Å². The molecule has 0 saturated heterocycles. The van der Waals surface area contributed by atoms with E-state index in [0.29, 0.717) is 34.6 Å². The summed E-state index contributed by atoms with van der Waals surface area (Å²) in [6.07, 6.45) is -4.37. The first-order chi connectivity index (χ1) is 13.0. The molecule has 0 aliphatic heterocycles. The van der Waals surface area contributed by atoms with Gasteiger partial charge in [-0.2, -0.15) is 13.2 Å². The Bertz CT molecular complexity index is 870. The normalized spacial score (nSPS) is 13.9. The van der Waals surface area contributed by atoms with Gasteiger partial charge in [0, 0.05) is 11.3 Å². The van der Waals surface area contributed by atoms with Crippen LogP contribution < -0.4 is 4.90 Å². The number of aryl methyl sites for hydroxylation is 1. The number of hydrogen-bond donors (Lipinski definition) is 2. The third kappa shape index (κ3) is 4.44. The van der Waals surface area contributed by atoms with Gasteiger partial charge in [-0.3, -0.25) is 4.79 Å². The number of benzene rings is 1. The Balaban J connectivity index is 2.16. The number of aromatic nitrogens is 1. The summed E-state index contributed by atoms with van der Waals surface area (Å²) in [4.78, 5) is 28.6. The van der Waals surface area contributed by atoms with Crippen molar-refractivity contribution in [3.05, 3.63) is 57.9 Å². The molecule has 0 aliphatic carbocycles. The van der Waals surface area contributed by atoms with Crippen molar-refractivity contribution in [1.82, 2.24) is 4.98 Å². The molecule has 2 N–H and O–H groups in total. The number of methoxy groups -OCH3 is 1. The van der Waals surface area contributed by atoms with Crippen molar-refractivity contribution in [2.45, 2.75) is 39.5 Å². The fraction of sp³-hybridized carbons (Fsp3) is 0.400. The Kier molecular flexibility index (Phi) is 6.34. The second-order valence-electron chi connectivity index (χ2n) is 6.92. The number of halogens is 3. The van der Waals surface area contributed by atoms with E-state index in [0.717, 1.165) is 17.0 Å². The van der Waals surface area contributed by atoms with Crippen LogP contribution >= 0.6 is 0 Å². The molecule has 5 nitrogen and oxygen atoms in total. The summed E-state index contributed by atoms with van der Waals surface area (Å²) >= 11 is 0. The minimum absolute atomic E-state index is 0.180. The molecule has 1 aromatic carbocycles. The van der Waals surface area contributed by atoms with E-state index >= 15 is 0 Å². The summed E-state index contributed by atoms with van der Waals surface area (Å²) in [5.74, 6) is -0.691. The van der Waals surface area contributed by atoms with Gasteiger partial charge in [-0.1, -0.05) is 12.1 Å². The minimum Gasteiger partial charge on any atom is -0.465 e. The van der Waals surface area contributed by atoms with E-state index in [1.807, 2.05) is 0 Å². The highest BCUT2D eigenvalue weighted by molar-refractivity contribution is 6.03. The van der Waals surface area contributed by atoms with Crippen molar-refractivity contribution in [1.29, 1.82) is 0 Å². The van der Waals surface area contributed by atoms with E-state index in [1.165, 1.54) is 19.2 Å². The third-order valence-electron chi connectivity index (χ3n) is 4.97. The number of rotatable bonds is 6. The largest absolute Gasteiger partial charge is 0.465 e. The fourth-order valence-corrected chi connectivity index (χ4v) is 3.13. The minimum atomic E-state index is -4.37. The number of ether oxygens (including phenoxy) is 1.